The molecular formula is C23H31N3O. The normalized spacial score (nSPS) is 20.4. The average molecular weight is 366 g/mol. The summed E-state index contributed by atoms with van der Waals surface area (Å²) >= 11 is 0. The summed E-state index contributed by atoms with van der Waals surface area (Å²) in [5.41, 5.74) is 9.18. The quantitative estimate of drug-likeness (QED) is 0.794. The van der Waals surface area contributed by atoms with E-state index in [-0.39, 0.29) is 5.91 Å². The van der Waals surface area contributed by atoms with Gasteiger partial charge < -0.3 is 10.6 Å². The number of anilines is 1. The van der Waals surface area contributed by atoms with Crippen LogP contribution in [-0.2, 0) is 17.8 Å². The minimum Gasteiger partial charge on any atom is -0.399 e. The molecule has 1 aliphatic rings. The standard InChI is InChI=1S/C23H31N3O/c1-18-16-21(14-15-26(18)17-19-8-4-3-5-9-19)25(2)23(27)13-12-20-10-6-7-11-22(20)24/h3-11,18,21H,12-17,24H2,1-2H3. The van der Waals surface area contributed by atoms with E-state index < -0.39 is 0 Å². The number of carbonyl (C=O) groups excluding carboxylic acids is 1. The summed E-state index contributed by atoms with van der Waals surface area (Å²) in [5, 5.41) is 0. The van der Waals surface area contributed by atoms with Gasteiger partial charge in [-0.25, -0.2) is 0 Å². The lowest BCUT2D eigenvalue weighted by Gasteiger charge is -2.41. The van der Waals surface area contributed by atoms with Crippen molar-refractivity contribution in [1.29, 1.82) is 0 Å². The maximum atomic E-state index is 12.7. The summed E-state index contributed by atoms with van der Waals surface area (Å²) in [5.74, 6) is 0.215. The number of carbonyl (C=O) groups is 1. The van der Waals surface area contributed by atoms with Crippen LogP contribution in [-0.4, -0.2) is 41.4 Å². The summed E-state index contributed by atoms with van der Waals surface area (Å²) in [4.78, 5) is 17.2. The van der Waals surface area contributed by atoms with Gasteiger partial charge in [-0.1, -0.05) is 48.5 Å². The Morgan fingerprint density at radius 1 is 1.15 bits per heavy atom. The third kappa shape index (κ3) is 5.10. The molecule has 0 aromatic heterocycles. The fourth-order valence-corrected chi connectivity index (χ4v) is 3.98. The van der Waals surface area contributed by atoms with Gasteiger partial charge in [-0.3, -0.25) is 9.69 Å². The highest BCUT2D eigenvalue weighted by Crippen LogP contribution is 2.24. The Hall–Kier alpha value is -2.33. The Labute approximate surface area is 163 Å². The van der Waals surface area contributed by atoms with Crippen LogP contribution in [0.25, 0.3) is 0 Å². The van der Waals surface area contributed by atoms with Crippen molar-refractivity contribution in [3.05, 3.63) is 65.7 Å². The number of nitrogen functional groups attached to an aromatic ring is 1. The Morgan fingerprint density at radius 2 is 1.85 bits per heavy atom. The molecule has 2 aromatic carbocycles. The summed E-state index contributed by atoms with van der Waals surface area (Å²) < 4.78 is 0. The van der Waals surface area contributed by atoms with Gasteiger partial charge in [-0.2, -0.15) is 0 Å². The number of hydrogen-bond donors (Lipinski definition) is 1. The van der Waals surface area contributed by atoms with E-state index in [1.54, 1.807) is 0 Å². The molecule has 0 aliphatic carbocycles. The van der Waals surface area contributed by atoms with Crippen molar-refractivity contribution in [3.63, 3.8) is 0 Å². The van der Waals surface area contributed by atoms with Crippen molar-refractivity contribution in [3.8, 4) is 0 Å². The van der Waals surface area contributed by atoms with E-state index in [2.05, 4.69) is 42.2 Å². The summed E-state index contributed by atoms with van der Waals surface area (Å²) in [6, 6.07) is 19.2. The van der Waals surface area contributed by atoms with Crippen LogP contribution in [0, 0.1) is 0 Å². The third-order valence-corrected chi connectivity index (χ3v) is 5.82. The molecule has 1 aliphatic heterocycles. The van der Waals surface area contributed by atoms with Crippen LogP contribution in [0.4, 0.5) is 5.69 Å². The first-order valence-electron chi connectivity index (χ1n) is 9.91. The first-order chi connectivity index (χ1) is 13.0. The summed E-state index contributed by atoms with van der Waals surface area (Å²) in [7, 11) is 1.96. The van der Waals surface area contributed by atoms with Crippen LogP contribution in [0.15, 0.2) is 54.6 Å². The molecular weight excluding hydrogens is 334 g/mol. The number of nitrogens with zero attached hydrogens (tertiary/aromatic N) is 2. The topological polar surface area (TPSA) is 49.6 Å². The highest BCUT2D eigenvalue weighted by atomic mass is 16.2. The Balaban J connectivity index is 1.50. The lowest BCUT2D eigenvalue weighted by atomic mass is 9.96. The SMILES string of the molecule is CC1CC(N(C)C(=O)CCc2ccccc2N)CCN1Cc1ccccc1. The van der Waals surface area contributed by atoms with E-state index in [0.717, 1.165) is 37.2 Å². The van der Waals surface area contributed by atoms with Crippen LogP contribution in [0.3, 0.4) is 0 Å². The van der Waals surface area contributed by atoms with Gasteiger partial charge in [0, 0.05) is 44.3 Å². The second-order valence-electron chi connectivity index (χ2n) is 7.69. The minimum absolute atomic E-state index is 0.215. The van der Waals surface area contributed by atoms with E-state index in [0.29, 0.717) is 24.9 Å². The number of rotatable bonds is 6. The summed E-state index contributed by atoms with van der Waals surface area (Å²) in [6.07, 6.45) is 3.29. The largest absolute Gasteiger partial charge is 0.399 e. The van der Waals surface area contributed by atoms with Gasteiger partial charge in [-0.15, -0.1) is 0 Å². The lowest BCUT2D eigenvalue weighted by Crippen LogP contribution is -2.49. The first kappa shape index (κ1) is 19.4. The third-order valence-electron chi connectivity index (χ3n) is 5.82. The number of para-hydroxylation sites is 1. The van der Waals surface area contributed by atoms with Crippen molar-refractivity contribution in [2.24, 2.45) is 0 Å². The molecule has 2 aromatic rings. The van der Waals surface area contributed by atoms with E-state index >= 15 is 0 Å². The maximum absolute atomic E-state index is 12.7. The molecule has 4 nitrogen and oxygen atoms in total. The predicted molar refractivity (Wildman–Crippen MR) is 111 cm³/mol. The van der Waals surface area contributed by atoms with E-state index in [1.807, 2.05) is 36.2 Å². The Bertz CT molecular complexity index is 746. The highest BCUT2D eigenvalue weighted by molar-refractivity contribution is 5.76. The lowest BCUT2D eigenvalue weighted by molar-refractivity contribution is -0.133. The molecule has 3 rings (SSSR count). The number of piperidine rings is 1. The van der Waals surface area contributed by atoms with Gasteiger partial charge in [0.1, 0.15) is 0 Å². The van der Waals surface area contributed by atoms with Gasteiger partial charge in [0.05, 0.1) is 0 Å². The zero-order valence-electron chi connectivity index (χ0n) is 16.5. The second-order valence-corrected chi connectivity index (χ2v) is 7.69. The van der Waals surface area contributed by atoms with Gasteiger partial charge >= 0.3 is 0 Å². The van der Waals surface area contributed by atoms with Crippen LogP contribution in [0.1, 0.15) is 37.3 Å². The smallest absolute Gasteiger partial charge is 0.222 e. The maximum Gasteiger partial charge on any atom is 0.222 e. The minimum atomic E-state index is 0.215. The number of benzene rings is 2. The van der Waals surface area contributed by atoms with Crippen molar-refractivity contribution < 1.29 is 4.79 Å². The molecule has 2 unspecified atom stereocenters. The molecule has 0 spiro atoms. The molecule has 1 amide bonds. The highest BCUT2D eigenvalue weighted by Gasteiger charge is 2.29. The Morgan fingerprint density at radius 3 is 2.56 bits per heavy atom. The van der Waals surface area contributed by atoms with E-state index in [9.17, 15) is 4.79 Å². The number of hydrogen-bond acceptors (Lipinski definition) is 3. The van der Waals surface area contributed by atoms with Gasteiger partial charge in [-0.05, 0) is 43.4 Å². The molecule has 0 bridgehead atoms. The van der Waals surface area contributed by atoms with Gasteiger partial charge in [0.2, 0.25) is 5.91 Å². The molecule has 1 heterocycles. The number of amides is 1. The van der Waals surface area contributed by atoms with E-state index in [4.69, 9.17) is 5.73 Å². The molecule has 1 saturated heterocycles. The van der Waals surface area contributed by atoms with Gasteiger partial charge in [0.15, 0.2) is 0 Å². The zero-order chi connectivity index (χ0) is 19.2. The van der Waals surface area contributed by atoms with Crippen molar-refractivity contribution >= 4 is 11.6 Å². The average Bonchev–Trinajstić information content (AvgIpc) is 2.69. The fraction of sp³-hybridized carbons (Fsp3) is 0.435. The zero-order valence-corrected chi connectivity index (χ0v) is 16.5. The van der Waals surface area contributed by atoms with Crippen molar-refractivity contribution in [1.82, 2.24) is 9.80 Å². The molecule has 1 fully saturated rings. The number of nitrogens with two attached hydrogens (primary N) is 1. The van der Waals surface area contributed by atoms with Crippen molar-refractivity contribution in [2.75, 3.05) is 19.3 Å². The predicted octanol–water partition coefficient (Wildman–Crippen LogP) is 3.71. The van der Waals surface area contributed by atoms with Crippen LogP contribution in [0.5, 0.6) is 0 Å². The Kier molecular flexibility index (Phi) is 6.51. The molecule has 4 heteroatoms. The first-order valence-corrected chi connectivity index (χ1v) is 9.91. The van der Waals surface area contributed by atoms with E-state index in [1.165, 1.54) is 5.56 Å². The number of likely N-dealkylation sites (tertiary alicyclic amines) is 1. The van der Waals surface area contributed by atoms with Gasteiger partial charge in [0.25, 0.3) is 0 Å². The van der Waals surface area contributed by atoms with Crippen LogP contribution in [0.2, 0.25) is 0 Å². The molecule has 2 atom stereocenters. The fourth-order valence-electron chi connectivity index (χ4n) is 3.98. The molecule has 0 saturated carbocycles. The van der Waals surface area contributed by atoms with Crippen molar-refractivity contribution in [2.45, 2.75) is 51.2 Å². The monoisotopic (exact) mass is 365 g/mol. The molecule has 0 radical (unpaired) electrons. The van der Waals surface area contributed by atoms with Crippen LogP contribution < -0.4 is 5.73 Å². The number of aryl methyl sites for hydroxylation is 1. The molecule has 144 valence electrons. The summed E-state index contributed by atoms with van der Waals surface area (Å²) in [6.45, 7) is 4.29. The molecule has 27 heavy (non-hydrogen) atoms. The van der Waals surface area contributed by atoms with Crippen LogP contribution >= 0.6 is 0 Å². The second kappa shape index (κ2) is 9.05. The molecule has 2 N–H and O–H groups in total.